The molecule has 0 spiro atoms. The third-order valence-electron chi connectivity index (χ3n) is 5.28. The lowest BCUT2D eigenvalue weighted by molar-refractivity contribution is -0.103. The molecule has 0 radical (unpaired) electrons. The Morgan fingerprint density at radius 3 is 2.35 bits per heavy atom. The van der Waals surface area contributed by atoms with Crippen molar-refractivity contribution in [2.45, 2.75) is 52.4 Å². The third-order valence-corrected chi connectivity index (χ3v) is 5.28. The number of hydrogen-bond donors (Lipinski definition) is 1. The van der Waals surface area contributed by atoms with Crippen molar-refractivity contribution in [2.75, 3.05) is 20.8 Å². The van der Waals surface area contributed by atoms with Gasteiger partial charge in [-0.25, -0.2) is 0 Å². The minimum absolute atomic E-state index is 0.131. The van der Waals surface area contributed by atoms with E-state index in [2.05, 4.69) is 26.1 Å². The Hall–Kier alpha value is -0.120. The summed E-state index contributed by atoms with van der Waals surface area (Å²) in [6.45, 7) is 8.04. The summed E-state index contributed by atoms with van der Waals surface area (Å²) in [4.78, 5) is 0. The Balaban J connectivity index is 2.00. The van der Waals surface area contributed by atoms with Crippen molar-refractivity contribution < 1.29 is 9.47 Å². The van der Waals surface area contributed by atoms with E-state index in [1.54, 1.807) is 14.2 Å². The van der Waals surface area contributed by atoms with Crippen LogP contribution in [0.1, 0.15) is 40.0 Å². The van der Waals surface area contributed by atoms with E-state index in [1.165, 1.54) is 19.3 Å². The predicted molar refractivity (Wildman–Crippen MR) is 68.8 cm³/mol. The largest absolute Gasteiger partial charge is 0.355 e. The van der Waals surface area contributed by atoms with Gasteiger partial charge in [-0.1, -0.05) is 20.8 Å². The van der Waals surface area contributed by atoms with E-state index in [-0.39, 0.29) is 6.29 Å². The van der Waals surface area contributed by atoms with Crippen molar-refractivity contribution >= 4 is 0 Å². The van der Waals surface area contributed by atoms with Gasteiger partial charge >= 0.3 is 0 Å². The van der Waals surface area contributed by atoms with Gasteiger partial charge in [0.1, 0.15) is 0 Å². The second-order valence-electron chi connectivity index (χ2n) is 6.66. The Kier molecular flexibility index (Phi) is 3.54. The van der Waals surface area contributed by atoms with Gasteiger partial charge in [-0.15, -0.1) is 0 Å². The summed E-state index contributed by atoms with van der Waals surface area (Å²) in [5, 5.41) is 3.70. The molecule has 2 aliphatic rings. The van der Waals surface area contributed by atoms with Crippen LogP contribution in [0.2, 0.25) is 0 Å². The van der Waals surface area contributed by atoms with E-state index in [4.69, 9.17) is 9.47 Å². The fourth-order valence-electron chi connectivity index (χ4n) is 4.29. The standard InChI is InChI=1S/C14H27NO2/c1-13(2)10-6-7-14(3,8-10)12(13)15-9-11(16-4)17-5/h10-12,15H,6-9H2,1-5H3/t10-,12?,14+/m0/s1. The molecular formula is C14H27NO2. The lowest BCUT2D eigenvalue weighted by Gasteiger charge is -2.43. The summed E-state index contributed by atoms with van der Waals surface area (Å²) in [6.07, 6.45) is 4.01. The molecule has 0 aromatic carbocycles. The molecule has 2 fully saturated rings. The van der Waals surface area contributed by atoms with Gasteiger partial charge in [0.25, 0.3) is 0 Å². The van der Waals surface area contributed by atoms with E-state index in [1.807, 2.05) is 0 Å². The normalized spacial score (nSPS) is 39.2. The molecule has 3 atom stereocenters. The second-order valence-corrected chi connectivity index (χ2v) is 6.66. The van der Waals surface area contributed by atoms with Crippen LogP contribution in [0, 0.1) is 16.7 Å². The molecule has 2 aliphatic carbocycles. The molecule has 17 heavy (non-hydrogen) atoms. The van der Waals surface area contributed by atoms with Crippen LogP contribution in [0.3, 0.4) is 0 Å². The lowest BCUT2D eigenvalue weighted by Crippen LogP contribution is -2.52. The molecule has 2 rings (SSSR count). The van der Waals surface area contributed by atoms with E-state index < -0.39 is 0 Å². The molecule has 0 aliphatic heterocycles. The Morgan fingerprint density at radius 2 is 1.88 bits per heavy atom. The van der Waals surface area contributed by atoms with Crippen molar-refractivity contribution in [3.8, 4) is 0 Å². The first kappa shape index (κ1) is 13.3. The maximum absolute atomic E-state index is 5.26. The molecule has 2 bridgehead atoms. The van der Waals surface area contributed by atoms with Crippen LogP contribution < -0.4 is 5.32 Å². The first-order valence-electron chi connectivity index (χ1n) is 6.73. The fourth-order valence-corrected chi connectivity index (χ4v) is 4.29. The molecule has 0 saturated heterocycles. The Morgan fingerprint density at radius 1 is 1.24 bits per heavy atom. The SMILES string of the molecule is COC(CNC1C(C)(C)[C@H]2CC[C@]1(C)C2)OC. The molecule has 0 aromatic heterocycles. The van der Waals surface area contributed by atoms with Crippen molar-refractivity contribution in [2.24, 2.45) is 16.7 Å². The predicted octanol–water partition coefficient (Wildman–Crippen LogP) is 2.41. The van der Waals surface area contributed by atoms with Gasteiger partial charge in [0, 0.05) is 26.8 Å². The minimum atomic E-state index is -0.131. The molecular weight excluding hydrogens is 214 g/mol. The van der Waals surface area contributed by atoms with Gasteiger partial charge in [0.15, 0.2) is 6.29 Å². The van der Waals surface area contributed by atoms with E-state index in [9.17, 15) is 0 Å². The average molecular weight is 241 g/mol. The van der Waals surface area contributed by atoms with Crippen molar-refractivity contribution in [3.05, 3.63) is 0 Å². The smallest absolute Gasteiger partial charge is 0.169 e. The molecule has 2 saturated carbocycles. The zero-order chi connectivity index (χ0) is 12.7. The van der Waals surface area contributed by atoms with Crippen molar-refractivity contribution in [3.63, 3.8) is 0 Å². The first-order valence-corrected chi connectivity index (χ1v) is 6.73. The lowest BCUT2D eigenvalue weighted by atomic mass is 9.68. The van der Waals surface area contributed by atoms with Crippen molar-refractivity contribution in [1.82, 2.24) is 5.32 Å². The molecule has 0 aromatic rings. The van der Waals surface area contributed by atoms with Crippen LogP contribution in [0.4, 0.5) is 0 Å². The highest BCUT2D eigenvalue weighted by molar-refractivity contribution is 5.11. The van der Waals surface area contributed by atoms with Crippen LogP contribution in [0.15, 0.2) is 0 Å². The van der Waals surface area contributed by atoms with Crippen molar-refractivity contribution in [1.29, 1.82) is 0 Å². The first-order chi connectivity index (χ1) is 7.94. The maximum atomic E-state index is 5.26. The van der Waals surface area contributed by atoms with Crippen LogP contribution in [0.5, 0.6) is 0 Å². The number of hydrogen-bond acceptors (Lipinski definition) is 3. The molecule has 3 nitrogen and oxygen atoms in total. The zero-order valence-electron chi connectivity index (χ0n) is 11.9. The van der Waals surface area contributed by atoms with Gasteiger partial charge in [0.05, 0.1) is 0 Å². The number of methoxy groups -OCH3 is 2. The number of nitrogens with one attached hydrogen (secondary N) is 1. The summed E-state index contributed by atoms with van der Waals surface area (Å²) < 4.78 is 10.5. The molecule has 1 unspecified atom stereocenters. The van der Waals surface area contributed by atoms with Crippen LogP contribution in [-0.2, 0) is 9.47 Å². The van der Waals surface area contributed by atoms with E-state index in [0.717, 1.165) is 12.5 Å². The fraction of sp³-hybridized carbons (Fsp3) is 1.00. The summed E-state index contributed by atoms with van der Waals surface area (Å²) >= 11 is 0. The third kappa shape index (κ3) is 2.13. The summed E-state index contributed by atoms with van der Waals surface area (Å²) in [5.74, 6) is 0.883. The van der Waals surface area contributed by atoms with Gasteiger partial charge in [-0.3, -0.25) is 0 Å². The van der Waals surface area contributed by atoms with Crippen LogP contribution in [0.25, 0.3) is 0 Å². The van der Waals surface area contributed by atoms with Gasteiger partial charge < -0.3 is 14.8 Å². The monoisotopic (exact) mass is 241 g/mol. The highest BCUT2D eigenvalue weighted by atomic mass is 16.7. The quantitative estimate of drug-likeness (QED) is 0.750. The minimum Gasteiger partial charge on any atom is -0.355 e. The second kappa shape index (κ2) is 4.52. The average Bonchev–Trinajstić information content (AvgIpc) is 2.74. The topological polar surface area (TPSA) is 30.5 Å². The highest BCUT2D eigenvalue weighted by Gasteiger charge is 2.58. The molecule has 3 heteroatoms. The Labute approximate surface area is 105 Å². The molecule has 0 heterocycles. The number of rotatable bonds is 5. The number of fused-ring (bicyclic) bond motifs is 2. The van der Waals surface area contributed by atoms with Gasteiger partial charge in [0.2, 0.25) is 0 Å². The summed E-state index contributed by atoms with van der Waals surface area (Å²) in [7, 11) is 3.40. The van der Waals surface area contributed by atoms with E-state index >= 15 is 0 Å². The number of ether oxygens (including phenoxy) is 2. The Bertz CT molecular complexity index is 271. The summed E-state index contributed by atoms with van der Waals surface area (Å²) in [6, 6.07) is 0.585. The summed E-state index contributed by atoms with van der Waals surface area (Å²) in [5.41, 5.74) is 0.874. The zero-order valence-corrected chi connectivity index (χ0v) is 11.9. The maximum Gasteiger partial charge on any atom is 0.169 e. The van der Waals surface area contributed by atoms with Gasteiger partial charge in [-0.2, -0.15) is 0 Å². The van der Waals surface area contributed by atoms with E-state index in [0.29, 0.717) is 16.9 Å². The van der Waals surface area contributed by atoms with Gasteiger partial charge in [-0.05, 0) is 36.0 Å². The molecule has 100 valence electrons. The van der Waals surface area contributed by atoms with Crippen LogP contribution >= 0.6 is 0 Å². The molecule has 1 N–H and O–H groups in total. The van der Waals surface area contributed by atoms with Crippen LogP contribution in [-0.4, -0.2) is 33.1 Å². The highest BCUT2D eigenvalue weighted by Crippen LogP contribution is 2.62. The molecule has 0 amide bonds.